The van der Waals surface area contributed by atoms with Crippen molar-refractivity contribution in [1.82, 2.24) is 5.32 Å². The molecule has 2 aromatic rings. The second-order valence-electron chi connectivity index (χ2n) is 5.43. The van der Waals surface area contributed by atoms with Crippen molar-refractivity contribution in [2.75, 3.05) is 13.2 Å². The van der Waals surface area contributed by atoms with Crippen molar-refractivity contribution in [3.8, 4) is 5.75 Å². The van der Waals surface area contributed by atoms with Gasteiger partial charge >= 0.3 is 0 Å². The SMILES string of the molecule is Cc1ccc(OCC(=O)NCC(O)c2ccc(F)cc2)c(C)c1. The summed E-state index contributed by atoms with van der Waals surface area (Å²) in [6.07, 6.45) is -0.888. The van der Waals surface area contributed by atoms with Gasteiger partial charge in [-0.15, -0.1) is 0 Å². The van der Waals surface area contributed by atoms with Gasteiger partial charge in [-0.3, -0.25) is 4.79 Å². The van der Waals surface area contributed by atoms with Crippen LogP contribution in [-0.4, -0.2) is 24.2 Å². The molecule has 0 aliphatic heterocycles. The van der Waals surface area contributed by atoms with E-state index in [1.165, 1.54) is 24.3 Å². The molecule has 0 aromatic heterocycles. The van der Waals surface area contributed by atoms with Gasteiger partial charge in [0.1, 0.15) is 11.6 Å². The Labute approximate surface area is 134 Å². The van der Waals surface area contributed by atoms with Gasteiger partial charge in [0.05, 0.1) is 6.10 Å². The molecule has 5 heteroatoms. The maximum atomic E-state index is 12.8. The van der Waals surface area contributed by atoms with Crippen molar-refractivity contribution < 1.29 is 19.0 Å². The summed E-state index contributed by atoms with van der Waals surface area (Å²) in [5.74, 6) is -0.0391. The average molecular weight is 317 g/mol. The molecule has 0 fully saturated rings. The highest BCUT2D eigenvalue weighted by Crippen LogP contribution is 2.18. The first-order valence-electron chi connectivity index (χ1n) is 7.36. The third-order valence-corrected chi connectivity index (χ3v) is 3.44. The van der Waals surface area contributed by atoms with Crippen LogP contribution < -0.4 is 10.1 Å². The number of hydrogen-bond donors (Lipinski definition) is 2. The smallest absolute Gasteiger partial charge is 0.258 e. The van der Waals surface area contributed by atoms with E-state index in [-0.39, 0.29) is 24.9 Å². The topological polar surface area (TPSA) is 58.6 Å². The normalized spacial score (nSPS) is 11.8. The number of carbonyl (C=O) groups excluding carboxylic acids is 1. The Kier molecular flexibility index (Phi) is 5.71. The van der Waals surface area contributed by atoms with Crippen LogP contribution in [0.1, 0.15) is 22.8 Å². The number of hydrogen-bond acceptors (Lipinski definition) is 3. The molecule has 1 atom stereocenters. The summed E-state index contributed by atoms with van der Waals surface area (Å²) in [6.45, 7) is 3.82. The van der Waals surface area contributed by atoms with Crippen LogP contribution in [-0.2, 0) is 4.79 Å². The van der Waals surface area contributed by atoms with Gasteiger partial charge < -0.3 is 15.2 Å². The van der Waals surface area contributed by atoms with Gasteiger partial charge in [-0.1, -0.05) is 29.8 Å². The van der Waals surface area contributed by atoms with E-state index >= 15 is 0 Å². The molecular formula is C18H20FNO3. The minimum Gasteiger partial charge on any atom is -0.484 e. The number of carbonyl (C=O) groups is 1. The van der Waals surface area contributed by atoms with E-state index in [9.17, 15) is 14.3 Å². The molecule has 122 valence electrons. The van der Waals surface area contributed by atoms with Gasteiger partial charge in [-0.05, 0) is 43.2 Å². The first-order valence-corrected chi connectivity index (χ1v) is 7.36. The van der Waals surface area contributed by atoms with Crippen LogP contribution in [0.3, 0.4) is 0 Å². The van der Waals surface area contributed by atoms with Crippen molar-refractivity contribution in [2.45, 2.75) is 20.0 Å². The lowest BCUT2D eigenvalue weighted by Gasteiger charge is -2.13. The summed E-state index contributed by atoms with van der Waals surface area (Å²) in [5.41, 5.74) is 2.63. The summed E-state index contributed by atoms with van der Waals surface area (Å²) < 4.78 is 18.3. The lowest BCUT2D eigenvalue weighted by Crippen LogP contribution is -2.32. The summed E-state index contributed by atoms with van der Waals surface area (Å²) >= 11 is 0. The number of aryl methyl sites for hydroxylation is 2. The van der Waals surface area contributed by atoms with Crippen LogP contribution in [0, 0.1) is 19.7 Å². The third kappa shape index (κ3) is 5.07. The number of amides is 1. The number of halogens is 1. The van der Waals surface area contributed by atoms with Gasteiger partial charge in [0.25, 0.3) is 5.91 Å². The molecule has 0 radical (unpaired) electrons. The fourth-order valence-corrected chi connectivity index (χ4v) is 2.17. The van der Waals surface area contributed by atoms with Gasteiger partial charge in [0, 0.05) is 6.54 Å². The average Bonchev–Trinajstić information content (AvgIpc) is 2.52. The Morgan fingerprint density at radius 2 is 1.91 bits per heavy atom. The Morgan fingerprint density at radius 1 is 1.22 bits per heavy atom. The van der Waals surface area contributed by atoms with E-state index < -0.39 is 6.10 Å². The first-order chi connectivity index (χ1) is 11.0. The zero-order valence-electron chi connectivity index (χ0n) is 13.2. The lowest BCUT2D eigenvalue weighted by molar-refractivity contribution is -0.123. The molecule has 0 aliphatic rings. The van der Waals surface area contributed by atoms with Gasteiger partial charge in [-0.25, -0.2) is 4.39 Å². The van der Waals surface area contributed by atoms with E-state index in [1.807, 2.05) is 32.0 Å². The highest BCUT2D eigenvalue weighted by Gasteiger charge is 2.10. The standard InChI is InChI=1S/C18H20FNO3/c1-12-3-8-17(13(2)9-12)23-11-18(22)20-10-16(21)14-4-6-15(19)7-5-14/h3-9,16,21H,10-11H2,1-2H3,(H,20,22). The van der Waals surface area contributed by atoms with Crippen molar-refractivity contribution in [2.24, 2.45) is 0 Å². The minimum atomic E-state index is -0.888. The van der Waals surface area contributed by atoms with E-state index in [0.29, 0.717) is 11.3 Å². The molecule has 0 heterocycles. The van der Waals surface area contributed by atoms with Crippen LogP contribution >= 0.6 is 0 Å². The molecule has 2 rings (SSSR count). The Balaban J connectivity index is 1.79. The van der Waals surface area contributed by atoms with E-state index in [0.717, 1.165) is 11.1 Å². The van der Waals surface area contributed by atoms with Crippen LogP contribution in [0.4, 0.5) is 4.39 Å². The summed E-state index contributed by atoms with van der Waals surface area (Å²) in [7, 11) is 0. The van der Waals surface area contributed by atoms with Crippen LogP contribution in [0.15, 0.2) is 42.5 Å². The monoisotopic (exact) mass is 317 g/mol. The molecule has 0 bridgehead atoms. The van der Waals surface area contributed by atoms with Crippen molar-refractivity contribution in [1.29, 1.82) is 0 Å². The molecule has 2 aromatic carbocycles. The predicted molar refractivity (Wildman–Crippen MR) is 85.8 cm³/mol. The van der Waals surface area contributed by atoms with E-state index in [4.69, 9.17) is 4.74 Å². The number of nitrogens with one attached hydrogen (secondary N) is 1. The number of benzene rings is 2. The molecule has 0 saturated heterocycles. The van der Waals surface area contributed by atoms with E-state index in [1.54, 1.807) is 0 Å². The van der Waals surface area contributed by atoms with Gasteiger partial charge in [0.2, 0.25) is 0 Å². The maximum Gasteiger partial charge on any atom is 0.258 e. The minimum absolute atomic E-state index is 0.0424. The van der Waals surface area contributed by atoms with Gasteiger partial charge in [-0.2, -0.15) is 0 Å². The summed E-state index contributed by atoms with van der Waals surface area (Å²) in [4.78, 5) is 11.8. The Bertz CT molecular complexity index is 670. The summed E-state index contributed by atoms with van der Waals surface area (Å²) in [6, 6.07) is 11.2. The summed E-state index contributed by atoms with van der Waals surface area (Å²) in [5, 5.41) is 12.5. The Hall–Kier alpha value is -2.40. The highest BCUT2D eigenvalue weighted by molar-refractivity contribution is 5.77. The third-order valence-electron chi connectivity index (χ3n) is 3.44. The second kappa shape index (κ2) is 7.74. The molecular weight excluding hydrogens is 297 g/mol. The zero-order chi connectivity index (χ0) is 16.8. The Morgan fingerprint density at radius 3 is 2.57 bits per heavy atom. The number of aliphatic hydroxyl groups excluding tert-OH is 1. The molecule has 0 spiro atoms. The van der Waals surface area contributed by atoms with Gasteiger partial charge in [0.15, 0.2) is 6.61 Å². The second-order valence-corrected chi connectivity index (χ2v) is 5.43. The van der Waals surface area contributed by atoms with Crippen LogP contribution in [0.5, 0.6) is 5.75 Å². The number of rotatable bonds is 6. The largest absolute Gasteiger partial charge is 0.484 e. The molecule has 1 unspecified atom stereocenters. The van der Waals surface area contributed by atoms with Crippen molar-refractivity contribution >= 4 is 5.91 Å². The fraction of sp³-hybridized carbons (Fsp3) is 0.278. The molecule has 2 N–H and O–H groups in total. The number of aliphatic hydroxyl groups is 1. The van der Waals surface area contributed by atoms with Crippen molar-refractivity contribution in [3.63, 3.8) is 0 Å². The van der Waals surface area contributed by atoms with Crippen LogP contribution in [0.2, 0.25) is 0 Å². The quantitative estimate of drug-likeness (QED) is 0.861. The predicted octanol–water partition coefficient (Wildman–Crippen LogP) is 2.67. The maximum absolute atomic E-state index is 12.8. The first kappa shape index (κ1) is 17.0. The molecule has 23 heavy (non-hydrogen) atoms. The molecule has 0 aliphatic carbocycles. The molecule has 4 nitrogen and oxygen atoms in total. The van der Waals surface area contributed by atoms with E-state index in [2.05, 4.69) is 5.32 Å². The fourth-order valence-electron chi connectivity index (χ4n) is 2.17. The lowest BCUT2D eigenvalue weighted by atomic mass is 10.1. The molecule has 1 amide bonds. The zero-order valence-corrected chi connectivity index (χ0v) is 13.2. The van der Waals surface area contributed by atoms with Crippen LogP contribution in [0.25, 0.3) is 0 Å². The number of ether oxygens (including phenoxy) is 1. The highest BCUT2D eigenvalue weighted by atomic mass is 19.1. The van der Waals surface area contributed by atoms with Crippen molar-refractivity contribution in [3.05, 3.63) is 65.0 Å². The molecule has 0 saturated carbocycles.